The normalized spacial score (nSPS) is 11.1. The Balaban J connectivity index is 1.30. The van der Waals surface area contributed by atoms with Gasteiger partial charge in [-0.15, -0.1) is 11.3 Å². The number of nitrogens with two attached hydrogens (primary N) is 1. The molecule has 3 N–H and O–H groups in total. The van der Waals surface area contributed by atoms with Crippen molar-refractivity contribution in [3.63, 3.8) is 0 Å². The Bertz CT molecular complexity index is 1210. The number of nitrogens with one attached hydrogen (secondary N) is 1. The Morgan fingerprint density at radius 3 is 2.68 bits per heavy atom. The Kier molecular flexibility index (Phi) is 6.09. The van der Waals surface area contributed by atoms with Crippen molar-refractivity contribution in [2.45, 2.75) is 6.54 Å². The third kappa shape index (κ3) is 5.37. The predicted octanol–water partition coefficient (Wildman–Crippen LogP) is 3.75. The molecule has 0 aliphatic carbocycles. The molecule has 0 fully saturated rings. The molecular weight excluding hydrogens is 414 g/mol. The second-order valence-corrected chi connectivity index (χ2v) is 7.66. The zero-order valence-corrected chi connectivity index (χ0v) is 17.2. The lowest BCUT2D eigenvalue weighted by atomic mass is 10.2. The molecule has 0 saturated carbocycles. The highest BCUT2D eigenvalue weighted by atomic mass is 32.1. The molecule has 0 spiro atoms. The average molecular weight is 433 g/mol. The number of furan rings is 1. The average Bonchev–Trinajstić information content (AvgIpc) is 3.42. The number of carbonyl (C=O) groups is 2. The summed E-state index contributed by atoms with van der Waals surface area (Å²) >= 11 is 1.56. The van der Waals surface area contributed by atoms with Gasteiger partial charge < -0.3 is 20.2 Å². The number of benzene rings is 2. The minimum atomic E-state index is -0.538. The van der Waals surface area contributed by atoms with Crippen LogP contribution in [0.4, 0.5) is 0 Å². The van der Waals surface area contributed by atoms with E-state index in [1.54, 1.807) is 41.7 Å². The van der Waals surface area contributed by atoms with E-state index < -0.39 is 5.91 Å². The Labute approximate surface area is 182 Å². The Hall–Kier alpha value is -3.91. The van der Waals surface area contributed by atoms with E-state index in [-0.39, 0.29) is 19.1 Å². The molecule has 2 amide bonds. The topological polar surface area (TPSA) is 107 Å². The van der Waals surface area contributed by atoms with E-state index in [1.165, 1.54) is 6.08 Å². The van der Waals surface area contributed by atoms with Crippen LogP contribution in [0, 0.1) is 0 Å². The maximum absolute atomic E-state index is 12.1. The first-order chi connectivity index (χ1) is 15.1. The predicted molar refractivity (Wildman–Crippen MR) is 119 cm³/mol. The minimum Gasteiger partial charge on any atom is -0.484 e. The van der Waals surface area contributed by atoms with Crippen LogP contribution < -0.4 is 15.8 Å². The summed E-state index contributed by atoms with van der Waals surface area (Å²) in [6.45, 7) is 0.0962. The van der Waals surface area contributed by atoms with Gasteiger partial charge in [0.15, 0.2) is 17.4 Å². The fraction of sp³-hybridized carbons (Fsp3) is 0.0870. The van der Waals surface area contributed by atoms with Crippen LogP contribution in [0.25, 0.3) is 27.1 Å². The molecule has 0 radical (unpaired) electrons. The van der Waals surface area contributed by atoms with E-state index in [1.807, 2.05) is 36.4 Å². The summed E-state index contributed by atoms with van der Waals surface area (Å²) in [7, 11) is 0. The van der Waals surface area contributed by atoms with Gasteiger partial charge in [-0.05, 0) is 48.0 Å². The highest BCUT2D eigenvalue weighted by Gasteiger charge is 2.10. The van der Waals surface area contributed by atoms with Crippen molar-refractivity contribution in [1.82, 2.24) is 10.3 Å². The molecule has 8 heteroatoms. The highest BCUT2D eigenvalue weighted by molar-refractivity contribution is 7.21. The number of aromatic nitrogens is 1. The second kappa shape index (κ2) is 9.27. The Morgan fingerprint density at radius 2 is 1.90 bits per heavy atom. The summed E-state index contributed by atoms with van der Waals surface area (Å²) in [5.41, 5.74) is 6.79. The molecule has 2 aromatic carbocycles. The first-order valence-electron chi connectivity index (χ1n) is 9.48. The van der Waals surface area contributed by atoms with Crippen molar-refractivity contribution in [2.24, 2.45) is 5.73 Å². The van der Waals surface area contributed by atoms with Crippen LogP contribution >= 0.6 is 11.3 Å². The molecular formula is C23H19N3O4S. The molecule has 4 rings (SSSR count). The zero-order valence-electron chi connectivity index (χ0n) is 16.4. The zero-order chi connectivity index (χ0) is 21.6. The smallest absolute Gasteiger partial charge is 0.255 e. The number of amides is 2. The molecule has 7 nitrogen and oxygen atoms in total. The van der Waals surface area contributed by atoms with Crippen LogP contribution in [0.3, 0.4) is 0 Å². The number of thiazole rings is 1. The van der Waals surface area contributed by atoms with Gasteiger partial charge in [-0.3, -0.25) is 9.59 Å². The number of nitrogens with zero attached hydrogens (tertiary/aromatic N) is 1. The number of rotatable bonds is 8. The lowest BCUT2D eigenvalue weighted by Gasteiger charge is -2.03. The molecule has 0 aliphatic heterocycles. The Morgan fingerprint density at radius 1 is 1.10 bits per heavy atom. The van der Waals surface area contributed by atoms with Crippen LogP contribution in [0.2, 0.25) is 0 Å². The van der Waals surface area contributed by atoms with Crippen LogP contribution in [0.1, 0.15) is 11.3 Å². The largest absolute Gasteiger partial charge is 0.484 e. The van der Waals surface area contributed by atoms with Crippen LogP contribution in [0.15, 0.2) is 71.2 Å². The third-order valence-electron chi connectivity index (χ3n) is 4.29. The van der Waals surface area contributed by atoms with Crippen molar-refractivity contribution in [3.8, 4) is 16.5 Å². The van der Waals surface area contributed by atoms with Crippen LogP contribution in [-0.2, 0) is 16.1 Å². The fourth-order valence-electron chi connectivity index (χ4n) is 2.80. The van der Waals surface area contributed by atoms with Crippen molar-refractivity contribution in [1.29, 1.82) is 0 Å². The van der Waals surface area contributed by atoms with E-state index in [0.717, 1.165) is 20.8 Å². The summed E-state index contributed by atoms with van der Waals surface area (Å²) < 4.78 is 12.1. The SMILES string of the molecule is NC(=O)COc1ccc(/C=C/C(=O)NCc2ccc(-c3nc4ccccc4s3)o2)cc1. The summed E-state index contributed by atoms with van der Waals surface area (Å²) in [5.74, 6) is 1.07. The molecule has 156 valence electrons. The molecule has 4 aromatic rings. The van der Waals surface area contributed by atoms with E-state index in [9.17, 15) is 9.59 Å². The fourth-order valence-corrected chi connectivity index (χ4v) is 3.73. The molecule has 0 bridgehead atoms. The lowest BCUT2D eigenvalue weighted by Crippen LogP contribution is -2.20. The number of hydrogen-bond acceptors (Lipinski definition) is 6. The van der Waals surface area contributed by atoms with Gasteiger partial charge in [-0.25, -0.2) is 4.98 Å². The lowest BCUT2D eigenvalue weighted by molar-refractivity contribution is -0.120. The van der Waals surface area contributed by atoms with Gasteiger partial charge in [-0.1, -0.05) is 24.3 Å². The van der Waals surface area contributed by atoms with Gasteiger partial charge in [0.1, 0.15) is 11.5 Å². The van der Waals surface area contributed by atoms with Gasteiger partial charge in [0.2, 0.25) is 5.91 Å². The number of fused-ring (bicyclic) bond motifs is 1. The second-order valence-electron chi connectivity index (χ2n) is 6.63. The molecule has 0 atom stereocenters. The van der Waals surface area contributed by atoms with E-state index in [4.69, 9.17) is 14.9 Å². The molecule has 0 aliphatic rings. The van der Waals surface area contributed by atoms with E-state index in [2.05, 4.69) is 10.3 Å². The number of hydrogen-bond donors (Lipinski definition) is 2. The monoisotopic (exact) mass is 433 g/mol. The maximum atomic E-state index is 12.1. The summed E-state index contributed by atoms with van der Waals surface area (Å²) in [6, 6.07) is 18.6. The van der Waals surface area contributed by atoms with Crippen LogP contribution in [0.5, 0.6) is 5.75 Å². The van der Waals surface area contributed by atoms with Crippen molar-refractivity contribution in [2.75, 3.05) is 6.61 Å². The molecule has 2 heterocycles. The van der Waals surface area contributed by atoms with Gasteiger partial charge >= 0.3 is 0 Å². The number of para-hydroxylation sites is 1. The minimum absolute atomic E-state index is 0.176. The first-order valence-corrected chi connectivity index (χ1v) is 10.3. The molecule has 0 saturated heterocycles. The van der Waals surface area contributed by atoms with E-state index >= 15 is 0 Å². The van der Waals surface area contributed by atoms with Gasteiger partial charge in [0, 0.05) is 6.08 Å². The third-order valence-corrected chi connectivity index (χ3v) is 5.34. The van der Waals surface area contributed by atoms with Crippen molar-refractivity contribution < 1.29 is 18.7 Å². The standard InChI is InChI=1S/C23H19N3O4S/c24-21(27)14-29-16-8-5-15(6-9-16)7-12-22(28)25-13-17-10-11-19(30-17)23-26-18-3-1-2-4-20(18)31-23/h1-12H,13-14H2,(H2,24,27)(H,25,28)/b12-7+. The van der Waals surface area contributed by atoms with Gasteiger partial charge in [-0.2, -0.15) is 0 Å². The molecule has 2 aromatic heterocycles. The number of ether oxygens (including phenoxy) is 1. The van der Waals surface area contributed by atoms with Crippen molar-refractivity contribution >= 4 is 39.4 Å². The van der Waals surface area contributed by atoms with Crippen LogP contribution in [-0.4, -0.2) is 23.4 Å². The quantitative estimate of drug-likeness (QED) is 0.412. The molecule has 31 heavy (non-hydrogen) atoms. The van der Waals surface area contributed by atoms with Crippen molar-refractivity contribution in [3.05, 3.63) is 78.1 Å². The summed E-state index contributed by atoms with van der Waals surface area (Å²) in [5, 5.41) is 3.60. The first kappa shape index (κ1) is 20.4. The van der Waals surface area contributed by atoms with Gasteiger partial charge in [0.05, 0.1) is 16.8 Å². The number of carbonyl (C=O) groups excluding carboxylic acids is 2. The summed E-state index contributed by atoms with van der Waals surface area (Å²) in [6.07, 6.45) is 3.12. The maximum Gasteiger partial charge on any atom is 0.255 e. The number of primary amides is 1. The highest BCUT2D eigenvalue weighted by Crippen LogP contribution is 2.31. The van der Waals surface area contributed by atoms with E-state index in [0.29, 0.717) is 17.3 Å². The summed E-state index contributed by atoms with van der Waals surface area (Å²) in [4.78, 5) is 27.4. The van der Waals surface area contributed by atoms with Gasteiger partial charge in [0.25, 0.3) is 5.91 Å². The molecule has 0 unspecified atom stereocenters.